The van der Waals surface area contributed by atoms with E-state index in [1.807, 2.05) is 13.8 Å². The molecule has 1 aromatic carbocycles. The summed E-state index contributed by atoms with van der Waals surface area (Å²) in [5.74, 6) is -0.434. The molecular formula is C13H21B4FN4O3. The van der Waals surface area contributed by atoms with Crippen molar-refractivity contribution in [1.82, 2.24) is 19.8 Å². The Bertz CT molecular complexity index is 845. The number of hydrogen-bond acceptors (Lipinski definition) is 5. The third-order valence-electron chi connectivity index (χ3n) is 4.49. The zero-order valence-electron chi connectivity index (χ0n) is 15.7. The number of ether oxygens (including phenoxy) is 1. The van der Waals surface area contributed by atoms with E-state index in [0.29, 0.717) is 5.56 Å². The molecule has 0 aliphatic heterocycles. The Labute approximate surface area is 149 Å². The molecule has 2 rings (SSSR count). The molecule has 130 valence electrons. The maximum atomic E-state index is 14.5. The van der Waals surface area contributed by atoms with Crippen molar-refractivity contribution in [3.8, 4) is 11.4 Å². The van der Waals surface area contributed by atoms with E-state index < -0.39 is 22.3 Å². The first-order valence-corrected chi connectivity index (χ1v) is 8.09. The third kappa shape index (κ3) is 3.68. The van der Waals surface area contributed by atoms with E-state index in [0.717, 1.165) is 9.36 Å². The van der Waals surface area contributed by atoms with Crippen LogP contribution in [0.5, 0.6) is 5.75 Å². The molecule has 1 aromatic heterocycles. The lowest BCUT2D eigenvalue weighted by atomic mass is 9.42. The normalized spacial score (nSPS) is 12.6. The predicted octanol–water partition coefficient (Wildman–Crippen LogP) is -3.56. The Kier molecular flexibility index (Phi) is 4.96. The topological polar surface area (TPSA) is 82.2 Å². The van der Waals surface area contributed by atoms with Crippen LogP contribution >= 0.6 is 0 Å². The Morgan fingerprint density at radius 2 is 1.84 bits per heavy atom. The van der Waals surface area contributed by atoms with E-state index in [4.69, 9.17) is 4.74 Å². The Morgan fingerprint density at radius 1 is 1.24 bits per heavy atom. The Hall–Kier alpha value is -1.96. The molecular weight excluding hydrogens is 322 g/mol. The van der Waals surface area contributed by atoms with Crippen molar-refractivity contribution in [2.75, 3.05) is 0 Å². The fourth-order valence-corrected chi connectivity index (χ4v) is 2.11. The quantitative estimate of drug-likeness (QED) is 0.568. The molecule has 0 bridgehead atoms. The van der Waals surface area contributed by atoms with E-state index in [1.165, 1.54) is 19.2 Å². The highest BCUT2D eigenvalue weighted by Gasteiger charge is 2.37. The molecule has 0 aliphatic carbocycles. The van der Waals surface area contributed by atoms with Crippen LogP contribution in [-0.2, 0) is 7.05 Å². The van der Waals surface area contributed by atoms with E-state index in [9.17, 15) is 14.3 Å². The van der Waals surface area contributed by atoms with Gasteiger partial charge in [0.25, 0.3) is 0 Å². The summed E-state index contributed by atoms with van der Waals surface area (Å²) in [6.45, 7) is 3.70. The van der Waals surface area contributed by atoms with Gasteiger partial charge in [0.2, 0.25) is 0 Å². The Morgan fingerprint density at radius 3 is 2.28 bits per heavy atom. The van der Waals surface area contributed by atoms with Crippen LogP contribution in [0, 0.1) is 5.82 Å². The van der Waals surface area contributed by atoms with Crippen LogP contribution in [0.15, 0.2) is 16.9 Å². The number of tetrazole rings is 1. The molecule has 0 saturated carbocycles. The molecule has 2 aromatic rings. The molecule has 0 aliphatic rings. The molecule has 7 nitrogen and oxygen atoms in total. The zero-order valence-corrected chi connectivity index (χ0v) is 15.7. The second-order valence-electron chi connectivity index (χ2n) is 7.46. The minimum Gasteiger partial charge on any atom is -0.502 e. The average Bonchev–Trinajstić information content (AvgIpc) is 2.77. The molecule has 0 spiro atoms. The second kappa shape index (κ2) is 6.40. The predicted molar refractivity (Wildman–Crippen MR) is 103 cm³/mol. The lowest BCUT2D eigenvalue weighted by Crippen LogP contribution is -2.60. The molecule has 0 fully saturated rings. The Balaban J connectivity index is 2.69. The molecule has 0 atom stereocenters. The van der Waals surface area contributed by atoms with Gasteiger partial charge in [0.05, 0.1) is 5.40 Å². The number of rotatable bonds is 5. The van der Waals surface area contributed by atoms with Crippen LogP contribution in [0.25, 0.3) is 5.69 Å². The van der Waals surface area contributed by atoms with Crippen LogP contribution in [0.3, 0.4) is 0 Å². The molecule has 25 heavy (non-hydrogen) atoms. The van der Waals surface area contributed by atoms with Crippen molar-refractivity contribution in [3.05, 3.63) is 34.0 Å². The molecule has 0 radical (unpaired) electrons. The van der Waals surface area contributed by atoms with Crippen molar-refractivity contribution >= 4 is 31.4 Å². The summed E-state index contributed by atoms with van der Waals surface area (Å²) < 4.78 is 22.5. The monoisotopic (exact) mass is 344 g/mol. The molecule has 0 amide bonds. The smallest absolute Gasteiger partial charge is 0.368 e. The highest BCUT2D eigenvalue weighted by molar-refractivity contribution is 6.53. The molecule has 1 heterocycles. The largest absolute Gasteiger partial charge is 0.502 e. The standard InChI is InChI=1S/C13H21B4FN4O3/c1-6(2)7-4-9(22-11(23)21(3)19-20-22)10(5-8(7)18)25-13(16,17)12(14,15)24/h4-6,24H,14-17H2,1-3H3. The molecule has 12 heteroatoms. The van der Waals surface area contributed by atoms with Crippen LogP contribution in [0.4, 0.5) is 4.39 Å². The summed E-state index contributed by atoms with van der Waals surface area (Å²) in [7, 11) is 8.04. The van der Waals surface area contributed by atoms with Gasteiger partial charge in [-0.05, 0) is 28.0 Å². The average molecular weight is 344 g/mol. The first-order chi connectivity index (χ1) is 11.3. The van der Waals surface area contributed by atoms with Crippen LogP contribution in [-0.4, -0.2) is 67.1 Å². The summed E-state index contributed by atoms with van der Waals surface area (Å²) in [6.07, 6.45) is 0. The number of benzene rings is 1. The van der Waals surface area contributed by atoms with Gasteiger partial charge in [-0.2, -0.15) is 9.36 Å². The van der Waals surface area contributed by atoms with Gasteiger partial charge in [0.15, 0.2) is 0 Å². The summed E-state index contributed by atoms with van der Waals surface area (Å²) in [4.78, 5) is 12.3. The van der Waals surface area contributed by atoms with E-state index >= 15 is 0 Å². The third-order valence-corrected chi connectivity index (χ3v) is 4.49. The zero-order chi connectivity index (χ0) is 19.2. The molecule has 1 N–H and O–H groups in total. The van der Waals surface area contributed by atoms with Crippen LogP contribution in [0.2, 0.25) is 0 Å². The molecule has 0 unspecified atom stereocenters. The van der Waals surface area contributed by atoms with Gasteiger partial charge in [0.1, 0.15) is 48.6 Å². The summed E-state index contributed by atoms with van der Waals surface area (Å²) in [5.41, 5.74) is 0.230. The minimum atomic E-state index is -1.20. The first-order valence-electron chi connectivity index (χ1n) is 8.09. The summed E-state index contributed by atoms with van der Waals surface area (Å²) >= 11 is 0. The lowest BCUT2D eigenvalue weighted by Gasteiger charge is -2.39. The van der Waals surface area contributed by atoms with Crippen molar-refractivity contribution in [2.24, 2.45) is 7.05 Å². The number of nitrogens with zero attached hydrogens (tertiary/aromatic N) is 4. The van der Waals surface area contributed by atoms with Gasteiger partial charge in [-0.15, -0.1) is 0 Å². The SMILES string of the molecule is BC(B)(O)C(B)(B)Oc1cc(F)c(C(C)C)cc1-n1nnn(C)c1=O. The first kappa shape index (κ1) is 19.4. The highest BCUT2D eigenvalue weighted by atomic mass is 19.1. The van der Waals surface area contributed by atoms with Crippen LogP contribution < -0.4 is 10.4 Å². The van der Waals surface area contributed by atoms with Gasteiger partial charge in [-0.3, -0.25) is 0 Å². The molecule has 0 saturated heterocycles. The van der Waals surface area contributed by atoms with E-state index in [-0.39, 0.29) is 17.4 Å². The number of aliphatic hydroxyl groups is 1. The van der Waals surface area contributed by atoms with Gasteiger partial charge in [0, 0.05) is 18.5 Å². The van der Waals surface area contributed by atoms with Crippen molar-refractivity contribution < 1.29 is 14.2 Å². The van der Waals surface area contributed by atoms with Gasteiger partial charge < -0.3 is 9.84 Å². The number of aryl methyl sites for hydroxylation is 1. The lowest BCUT2D eigenvalue weighted by molar-refractivity contribution is 0.0809. The summed E-state index contributed by atoms with van der Waals surface area (Å²) in [5, 5.41) is 15.6. The van der Waals surface area contributed by atoms with Gasteiger partial charge in [-0.25, -0.2) is 9.18 Å². The second-order valence-corrected chi connectivity index (χ2v) is 7.46. The van der Waals surface area contributed by atoms with E-state index in [1.54, 1.807) is 31.4 Å². The maximum absolute atomic E-state index is 14.5. The van der Waals surface area contributed by atoms with Crippen molar-refractivity contribution in [3.63, 3.8) is 0 Å². The maximum Gasteiger partial charge on any atom is 0.368 e. The van der Waals surface area contributed by atoms with Crippen molar-refractivity contribution in [1.29, 1.82) is 0 Å². The van der Waals surface area contributed by atoms with Crippen molar-refractivity contribution in [2.45, 2.75) is 30.6 Å². The van der Waals surface area contributed by atoms with Gasteiger partial charge >= 0.3 is 5.69 Å². The van der Waals surface area contributed by atoms with E-state index in [2.05, 4.69) is 10.4 Å². The number of hydrogen-bond donors (Lipinski definition) is 1. The highest BCUT2D eigenvalue weighted by Crippen LogP contribution is 2.32. The summed E-state index contributed by atoms with van der Waals surface area (Å²) in [6, 6.07) is 2.76. The fraction of sp³-hybridized carbons (Fsp3) is 0.462. The fourth-order valence-electron chi connectivity index (χ4n) is 2.11. The minimum absolute atomic E-state index is 0.0949. The number of aromatic nitrogens is 4. The number of halogens is 1. The van der Waals surface area contributed by atoms with Gasteiger partial charge in [-0.1, -0.05) is 13.8 Å². The van der Waals surface area contributed by atoms with Crippen LogP contribution in [0.1, 0.15) is 25.3 Å².